The lowest BCUT2D eigenvalue weighted by Gasteiger charge is -2.23. The minimum Gasteiger partial charge on any atom is -0.361 e. The molecule has 2 aromatic rings. The van der Waals surface area contributed by atoms with Crippen molar-refractivity contribution in [2.24, 2.45) is 0 Å². The van der Waals surface area contributed by atoms with E-state index in [0.29, 0.717) is 37.2 Å². The maximum absolute atomic E-state index is 13.9. The lowest BCUT2D eigenvalue weighted by Crippen LogP contribution is -2.39. The Kier molecular flexibility index (Phi) is 5.10. The van der Waals surface area contributed by atoms with Crippen LogP contribution < -0.4 is 5.32 Å². The molecule has 2 heterocycles. The van der Waals surface area contributed by atoms with E-state index in [1.165, 1.54) is 0 Å². The first-order valence-corrected chi connectivity index (χ1v) is 8.13. The van der Waals surface area contributed by atoms with Crippen molar-refractivity contribution in [2.75, 3.05) is 13.1 Å². The van der Waals surface area contributed by atoms with Gasteiger partial charge in [-0.05, 0) is 37.6 Å². The molecule has 0 unspecified atom stereocenters. The number of carbonyl (C=O) groups is 1. The molecular formula is C18H19FN4O2. The third-order valence-electron chi connectivity index (χ3n) is 4.48. The quantitative estimate of drug-likeness (QED) is 0.901. The topological polar surface area (TPSA) is 82.2 Å². The summed E-state index contributed by atoms with van der Waals surface area (Å²) >= 11 is 0. The monoisotopic (exact) mass is 342 g/mol. The number of nitrogens with zero attached hydrogens (tertiary/aromatic N) is 3. The van der Waals surface area contributed by atoms with E-state index in [1.807, 2.05) is 17.9 Å². The highest BCUT2D eigenvalue weighted by molar-refractivity contribution is 5.94. The summed E-state index contributed by atoms with van der Waals surface area (Å²) < 4.78 is 18.9. The fourth-order valence-electron chi connectivity index (χ4n) is 3.03. The van der Waals surface area contributed by atoms with Gasteiger partial charge >= 0.3 is 0 Å². The zero-order valence-corrected chi connectivity index (χ0v) is 13.9. The number of hydrogen-bond acceptors (Lipinski definition) is 5. The summed E-state index contributed by atoms with van der Waals surface area (Å²) in [7, 11) is 0. The van der Waals surface area contributed by atoms with Crippen molar-refractivity contribution in [1.82, 2.24) is 15.4 Å². The first kappa shape index (κ1) is 17.1. The maximum Gasteiger partial charge on any atom is 0.251 e. The summed E-state index contributed by atoms with van der Waals surface area (Å²) in [5, 5.41) is 15.4. The van der Waals surface area contributed by atoms with Crippen LogP contribution in [0.25, 0.3) is 0 Å². The molecule has 2 atom stereocenters. The highest BCUT2D eigenvalue weighted by atomic mass is 19.1. The van der Waals surface area contributed by atoms with Crippen LogP contribution in [0.5, 0.6) is 0 Å². The smallest absolute Gasteiger partial charge is 0.251 e. The second-order valence-corrected chi connectivity index (χ2v) is 6.22. The predicted octanol–water partition coefficient (Wildman–Crippen LogP) is 2.20. The van der Waals surface area contributed by atoms with E-state index >= 15 is 0 Å². The highest BCUT2D eigenvalue weighted by Crippen LogP contribution is 2.23. The number of carbonyl (C=O) groups excluding carboxylic acids is 1. The van der Waals surface area contributed by atoms with Crippen LogP contribution in [0, 0.1) is 18.3 Å². The molecule has 0 spiro atoms. The number of nitrogens with one attached hydrogen (secondary N) is 1. The van der Waals surface area contributed by atoms with E-state index in [1.54, 1.807) is 30.5 Å². The Morgan fingerprint density at radius 3 is 2.88 bits per heavy atom. The third-order valence-corrected chi connectivity index (χ3v) is 4.48. The number of halogens is 1. The summed E-state index contributed by atoms with van der Waals surface area (Å²) in [6, 6.07) is 8.36. The lowest BCUT2D eigenvalue weighted by atomic mass is 10.1. The Labute approximate surface area is 145 Å². The lowest BCUT2D eigenvalue weighted by molar-refractivity contribution is 0.0939. The number of likely N-dealkylation sites (tertiary alicyclic amines) is 1. The molecule has 1 amide bonds. The zero-order valence-electron chi connectivity index (χ0n) is 13.9. The van der Waals surface area contributed by atoms with E-state index in [2.05, 4.69) is 10.5 Å². The number of nitriles is 1. The van der Waals surface area contributed by atoms with Crippen molar-refractivity contribution in [2.45, 2.75) is 32.1 Å². The summed E-state index contributed by atoms with van der Waals surface area (Å²) in [4.78, 5) is 14.2. The van der Waals surface area contributed by atoms with Gasteiger partial charge in [0.2, 0.25) is 0 Å². The number of hydrogen-bond donors (Lipinski definition) is 1. The Morgan fingerprint density at radius 2 is 2.24 bits per heavy atom. The molecule has 6 nitrogen and oxygen atoms in total. The Hall–Kier alpha value is -2.72. The van der Waals surface area contributed by atoms with Gasteiger partial charge < -0.3 is 9.84 Å². The van der Waals surface area contributed by atoms with Gasteiger partial charge in [-0.3, -0.25) is 9.69 Å². The Bertz CT molecular complexity index is 781. The first-order valence-electron chi connectivity index (χ1n) is 8.13. The van der Waals surface area contributed by atoms with Gasteiger partial charge in [-0.25, -0.2) is 4.39 Å². The summed E-state index contributed by atoms with van der Waals surface area (Å²) in [5.74, 6) is 0.496. The normalized spacial score (nSPS) is 20.4. The number of benzene rings is 1. The van der Waals surface area contributed by atoms with Crippen molar-refractivity contribution in [3.63, 3.8) is 0 Å². The van der Waals surface area contributed by atoms with E-state index in [0.717, 1.165) is 11.3 Å². The molecule has 1 aliphatic rings. The molecule has 1 aromatic heterocycles. The van der Waals surface area contributed by atoms with Crippen molar-refractivity contribution < 1.29 is 13.7 Å². The zero-order chi connectivity index (χ0) is 17.8. The average molecular weight is 342 g/mol. The van der Waals surface area contributed by atoms with E-state index in [4.69, 9.17) is 9.78 Å². The largest absolute Gasteiger partial charge is 0.361 e. The standard InChI is InChI=1S/C18H19FN4O2/c1-12-15(8-22-25-12)10-23-11-16(19)6-17(23)9-21-18(24)14-4-2-13(7-20)3-5-14/h2-5,8,16-17H,6,9-11H2,1H3,(H,21,24)/t16-,17-/m0/s1. The molecule has 1 aromatic carbocycles. The fraction of sp³-hybridized carbons (Fsp3) is 0.389. The molecule has 1 N–H and O–H groups in total. The molecular weight excluding hydrogens is 323 g/mol. The van der Waals surface area contributed by atoms with Gasteiger partial charge in [-0.2, -0.15) is 5.26 Å². The van der Waals surface area contributed by atoms with Gasteiger partial charge in [0.15, 0.2) is 0 Å². The Balaban J connectivity index is 1.59. The average Bonchev–Trinajstić information content (AvgIpc) is 3.18. The second kappa shape index (κ2) is 7.45. The SMILES string of the molecule is Cc1oncc1CN1C[C@@H](F)C[C@H]1CNC(=O)c1ccc(C#N)cc1. The van der Waals surface area contributed by atoms with Gasteiger partial charge in [0.25, 0.3) is 5.91 Å². The summed E-state index contributed by atoms with van der Waals surface area (Å²) in [6.45, 7) is 3.08. The van der Waals surface area contributed by atoms with Gasteiger partial charge in [-0.1, -0.05) is 5.16 Å². The van der Waals surface area contributed by atoms with Crippen LogP contribution in [0.4, 0.5) is 4.39 Å². The van der Waals surface area contributed by atoms with Gasteiger partial charge in [0.05, 0.1) is 17.8 Å². The summed E-state index contributed by atoms with van der Waals surface area (Å²) in [5.41, 5.74) is 1.91. The number of aromatic nitrogens is 1. The number of aryl methyl sites for hydroxylation is 1. The van der Waals surface area contributed by atoms with Crippen LogP contribution in [-0.4, -0.2) is 41.3 Å². The van der Waals surface area contributed by atoms with Crippen LogP contribution in [0.1, 0.15) is 33.7 Å². The van der Waals surface area contributed by atoms with Crippen LogP contribution in [-0.2, 0) is 6.54 Å². The number of amides is 1. The van der Waals surface area contributed by atoms with Crippen molar-refractivity contribution in [3.05, 3.63) is 52.9 Å². The number of rotatable bonds is 5. The fourth-order valence-corrected chi connectivity index (χ4v) is 3.03. The number of alkyl halides is 1. The molecule has 1 fully saturated rings. The van der Waals surface area contributed by atoms with Crippen molar-refractivity contribution in [3.8, 4) is 6.07 Å². The molecule has 0 radical (unpaired) electrons. The first-order chi connectivity index (χ1) is 12.1. The predicted molar refractivity (Wildman–Crippen MR) is 88.4 cm³/mol. The van der Waals surface area contributed by atoms with Gasteiger partial charge in [0, 0.05) is 36.8 Å². The molecule has 1 aliphatic heterocycles. The third kappa shape index (κ3) is 4.03. The Morgan fingerprint density at radius 1 is 1.48 bits per heavy atom. The molecule has 0 bridgehead atoms. The molecule has 0 aliphatic carbocycles. The molecule has 25 heavy (non-hydrogen) atoms. The molecule has 7 heteroatoms. The molecule has 1 saturated heterocycles. The molecule has 3 rings (SSSR count). The van der Waals surface area contributed by atoms with E-state index in [9.17, 15) is 9.18 Å². The second-order valence-electron chi connectivity index (χ2n) is 6.22. The van der Waals surface area contributed by atoms with Crippen LogP contribution in [0.3, 0.4) is 0 Å². The van der Waals surface area contributed by atoms with Crippen LogP contribution in [0.2, 0.25) is 0 Å². The van der Waals surface area contributed by atoms with Gasteiger partial charge in [0.1, 0.15) is 11.9 Å². The van der Waals surface area contributed by atoms with Gasteiger partial charge in [-0.15, -0.1) is 0 Å². The summed E-state index contributed by atoms with van der Waals surface area (Å²) in [6.07, 6.45) is 1.13. The minimum atomic E-state index is -0.906. The van der Waals surface area contributed by atoms with Crippen LogP contribution in [0.15, 0.2) is 35.0 Å². The highest BCUT2D eigenvalue weighted by Gasteiger charge is 2.32. The van der Waals surface area contributed by atoms with Crippen LogP contribution >= 0.6 is 0 Å². The van der Waals surface area contributed by atoms with Crippen molar-refractivity contribution >= 4 is 5.91 Å². The van der Waals surface area contributed by atoms with E-state index in [-0.39, 0.29) is 11.9 Å². The minimum absolute atomic E-state index is 0.0772. The van der Waals surface area contributed by atoms with Crippen molar-refractivity contribution in [1.29, 1.82) is 5.26 Å². The maximum atomic E-state index is 13.9. The molecule has 0 saturated carbocycles. The molecule has 130 valence electrons. The van der Waals surface area contributed by atoms with E-state index < -0.39 is 6.17 Å².